The summed E-state index contributed by atoms with van der Waals surface area (Å²) >= 11 is 1.23. The number of fused-ring (bicyclic) bond motifs is 1. The van der Waals surface area contributed by atoms with Crippen LogP contribution in [0.2, 0.25) is 0 Å². The van der Waals surface area contributed by atoms with E-state index in [1.54, 1.807) is 31.4 Å². The Morgan fingerprint density at radius 3 is 2.41 bits per heavy atom. The zero-order valence-electron chi connectivity index (χ0n) is 20.9. The van der Waals surface area contributed by atoms with Crippen LogP contribution in [0, 0.1) is 5.82 Å². The fourth-order valence-corrected chi connectivity index (χ4v) is 7.87. The molecule has 6 rings (SSSR count). The summed E-state index contributed by atoms with van der Waals surface area (Å²) in [5, 5.41) is 8.10. The van der Waals surface area contributed by atoms with Gasteiger partial charge in [-0.15, -0.1) is 36.2 Å². The largest absolute Gasteiger partial charge is 0.284 e. The Balaban J connectivity index is 0.00000176. The third kappa shape index (κ3) is 5.44. The maximum Gasteiger partial charge on any atom is 0.252 e. The summed E-state index contributed by atoms with van der Waals surface area (Å²) in [6.07, 6.45) is 7.24. The van der Waals surface area contributed by atoms with Crippen molar-refractivity contribution in [2.45, 2.75) is 35.9 Å². The molecule has 5 aromatic rings. The lowest BCUT2D eigenvalue weighted by molar-refractivity contribution is 0.374. The molecule has 1 N–H and O–H groups in total. The van der Waals surface area contributed by atoms with Gasteiger partial charge in [0.15, 0.2) is 0 Å². The van der Waals surface area contributed by atoms with Crippen LogP contribution in [0.4, 0.5) is 4.39 Å². The molecule has 1 aliphatic rings. The van der Waals surface area contributed by atoms with Gasteiger partial charge in [0.25, 0.3) is 10.0 Å². The third-order valence-corrected chi connectivity index (χ3v) is 10.5. The summed E-state index contributed by atoms with van der Waals surface area (Å²) < 4.78 is 41.9. The van der Waals surface area contributed by atoms with E-state index < -0.39 is 10.0 Å². The average Bonchev–Trinajstić information content (AvgIpc) is 3.70. The van der Waals surface area contributed by atoms with Crippen molar-refractivity contribution in [3.05, 3.63) is 72.9 Å². The summed E-state index contributed by atoms with van der Waals surface area (Å²) in [5.74, 6) is -0.305. The number of H-pyrrole nitrogens is 1. The second-order valence-electron chi connectivity index (χ2n) is 9.19. The summed E-state index contributed by atoms with van der Waals surface area (Å²) in [6, 6.07) is 15.6. The topological polar surface area (TPSA) is 91.8 Å². The van der Waals surface area contributed by atoms with E-state index in [0.717, 1.165) is 58.2 Å². The molecule has 0 atom stereocenters. The van der Waals surface area contributed by atoms with E-state index in [0.29, 0.717) is 15.6 Å². The van der Waals surface area contributed by atoms with Crippen LogP contribution in [0.25, 0.3) is 43.9 Å². The minimum atomic E-state index is -3.58. The first kappa shape index (κ1) is 29.1. The molecule has 2 aromatic carbocycles. The van der Waals surface area contributed by atoms with Crippen molar-refractivity contribution >= 4 is 57.1 Å². The van der Waals surface area contributed by atoms with Gasteiger partial charge in [-0.25, -0.2) is 22.8 Å². The third-order valence-electron chi connectivity index (χ3n) is 6.99. The van der Waals surface area contributed by atoms with Crippen molar-refractivity contribution in [2.24, 2.45) is 0 Å². The Labute approximate surface area is 242 Å². The van der Waals surface area contributed by atoms with Gasteiger partial charge in [-0.1, -0.05) is 18.9 Å². The molecule has 0 radical (unpaired) electrons. The molecule has 7 nitrogen and oxygen atoms in total. The molecule has 0 aliphatic heterocycles. The molecule has 39 heavy (non-hydrogen) atoms. The molecule has 1 aliphatic carbocycles. The molecule has 0 saturated heterocycles. The van der Waals surface area contributed by atoms with Gasteiger partial charge in [-0.05, 0) is 66.9 Å². The first-order valence-electron chi connectivity index (χ1n) is 12.0. The van der Waals surface area contributed by atoms with Gasteiger partial charge in [0, 0.05) is 35.8 Å². The summed E-state index contributed by atoms with van der Waals surface area (Å²) in [4.78, 5) is 9.71. The standard InChI is InChI=1S/C27H24FN5O2S2.2ClH/c1-33(20-4-2-3-5-20)37(34,35)25-13-12-24(36-25)27-21-14-18(8-11-23(21)29-16-30-27)22-15-31-32-26(22)17-6-9-19(28)10-7-17;;/h6-16,20H,2-5H2,1H3,(H,31,32);2*1H. The van der Waals surface area contributed by atoms with Gasteiger partial charge in [0.05, 0.1) is 21.8 Å². The summed E-state index contributed by atoms with van der Waals surface area (Å²) in [6.45, 7) is 0. The smallest absolute Gasteiger partial charge is 0.252 e. The number of aromatic nitrogens is 4. The number of rotatable bonds is 6. The molecule has 3 aromatic heterocycles. The van der Waals surface area contributed by atoms with E-state index in [4.69, 9.17) is 0 Å². The number of halogens is 3. The lowest BCUT2D eigenvalue weighted by Gasteiger charge is -2.22. The SMILES string of the molecule is CN(C1CCCC1)S(=O)(=O)c1ccc(-c2ncnc3ccc(-c4c[nH]nc4-c4ccc(F)cc4)cc23)s1.Cl.Cl. The zero-order valence-corrected chi connectivity index (χ0v) is 24.1. The quantitative estimate of drug-likeness (QED) is 0.226. The van der Waals surface area contributed by atoms with Crippen LogP contribution in [0.1, 0.15) is 25.7 Å². The first-order chi connectivity index (χ1) is 17.9. The van der Waals surface area contributed by atoms with Crippen molar-refractivity contribution in [3.8, 4) is 33.0 Å². The minimum Gasteiger partial charge on any atom is -0.284 e. The maximum absolute atomic E-state index is 13.4. The lowest BCUT2D eigenvalue weighted by atomic mass is 9.99. The molecule has 3 heterocycles. The molecule has 0 bridgehead atoms. The fourth-order valence-electron chi connectivity index (χ4n) is 4.95. The highest BCUT2D eigenvalue weighted by molar-refractivity contribution is 7.91. The Morgan fingerprint density at radius 1 is 0.949 bits per heavy atom. The zero-order chi connectivity index (χ0) is 25.6. The van der Waals surface area contributed by atoms with E-state index in [2.05, 4.69) is 20.2 Å². The van der Waals surface area contributed by atoms with Gasteiger partial charge in [0.1, 0.15) is 16.4 Å². The minimum absolute atomic E-state index is 0. The number of aromatic amines is 1. The second-order valence-corrected chi connectivity index (χ2v) is 12.5. The van der Waals surface area contributed by atoms with Gasteiger partial charge < -0.3 is 0 Å². The molecule has 0 unspecified atom stereocenters. The van der Waals surface area contributed by atoms with Crippen LogP contribution in [0.15, 0.2) is 71.3 Å². The van der Waals surface area contributed by atoms with Crippen LogP contribution < -0.4 is 0 Å². The van der Waals surface area contributed by atoms with Gasteiger partial charge in [-0.3, -0.25) is 5.10 Å². The highest BCUT2D eigenvalue weighted by Crippen LogP contribution is 2.38. The van der Waals surface area contributed by atoms with Crippen molar-refractivity contribution in [2.75, 3.05) is 7.05 Å². The number of nitrogens with zero attached hydrogens (tertiary/aromatic N) is 4. The monoisotopic (exact) mass is 605 g/mol. The Morgan fingerprint density at radius 2 is 1.67 bits per heavy atom. The fraction of sp³-hybridized carbons (Fsp3) is 0.222. The van der Waals surface area contributed by atoms with E-state index in [1.807, 2.05) is 24.3 Å². The van der Waals surface area contributed by atoms with Gasteiger partial charge in [0.2, 0.25) is 0 Å². The highest BCUT2D eigenvalue weighted by Gasteiger charge is 2.31. The van der Waals surface area contributed by atoms with Crippen LogP contribution in [0.3, 0.4) is 0 Å². The van der Waals surface area contributed by atoms with Crippen LogP contribution >= 0.6 is 36.2 Å². The van der Waals surface area contributed by atoms with Crippen LogP contribution in [-0.4, -0.2) is 46.0 Å². The van der Waals surface area contributed by atoms with Crippen LogP contribution in [-0.2, 0) is 10.0 Å². The van der Waals surface area contributed by atoms with Gasteiger partial charge >= 0.3 is 0 Å². The van der Waals surface area contributed by atoms with Gasteiger partial charge in [-0.2, -0.15) is 9.40 Å². The molecule has 12 heteroatoms. The molecular formula is C27H26Cl2FN5O2S2. The predicted molar refractivity (Wildman–Crippen MR) is 158 cm³/mol. The predicted octanol–water partition coefficient (Wildman–Crippen LogP) is 6.96. The maximum atomic E-state index is 13.4. The molecule has 0 amide bonds. The molecular weight excluding hydrogens is 580 g/mol. The van der Waals surface area contributed by atoms with Crippen molar-refractivity contribution in [3.63, 3.8) is 0 Å². The van der Waals surface area contributed by atoms with E-state index in [-0.39, 0.29) is 36.7 Å². The molecule has 0 spiro atoms. The molecule has 1 fully saturated rings. The molecule has 204 valence electrons. The number of hydrogen-bond acceptors (Lipinski definition) is 6. The van der Waals surface area contributed by atoms with E-state index in [1.165, 1.54) is 34.1 Å². The number of thiophene rings is 1. The number of benzene rings is 2. The average molecular weight is 607 g/mol. The lowest BCUT2D eigenvalue weighted by Crippen LogP contribution is -2.34. The van der Waals surface area contributed by atoms with Crippen LogP contribution in [0.5, 0.6) is 0 Å². The summed E-state index contributed by atoms with van der Waals surface area (Å²) in [7, 11) is -1.90. The number of nitrogens with one attached hydrogen (secondary N) is 1. The Bertz CT molecular complexity index is 1700. The normalized spacial score (nSPS) is 13.9. The van der Waals surface area contributed by atoms with Crippen molar-refractivity contribution < 1.29 is 12.8 Å². The highest BCUT2D eigenvalue weighted by atomic mass is 35.5. The molecule has 1 saturated carbocycles. The van der Waals surface area contributed by atoms with E-state index >= 15 is 0 Å². The first-order valence-corrected chi connectivity index (χ1v) is 14.3. The Kier molecular flexibility index (Phi) is 8.72. The number of sulfonamides is 1. The van der Waals surface area contributed by atoms with Crippen molar-refractivity contribution in [1.29, 1.82) is 0 Å². The Hall–Kier alpha value is -2.89. The van der Waals surface area contributed by atoms with Crippen molar-refractivity contribution in [1.82, 2.24) is 24.5 Å². The van der Waals surface area contributed by atoms with E-state index in [9.17, 15) is 12.8 Å². The summed E-state index contributed by atoms with van der Waals surface area (Å²) in [5.41, 5.74) is 4.67. The second kappa shape index (κ2) is 11.7. The number of hydrogen-bond donors (Lipinski definition) is 1.